The molecule has 1 aliphatic heterocycles. The predicted molar refractivity (Wildman–Crippen MR) is 94.2 cm³/mol. The number of aromatic nitrogens is 2. The Kier molecular flexibility index (Phi) is 4.52. The lowest BCUT2D eigenvalue weighted by Crippen LogP contribution is -2.42. The van der Waals surface area contributed by atoms with Gasteiger partial charge in [0, 0.05) is 31.2 Å². The van der Waals surface area contributed by atoms with Crippen molar-refractivity contribution in [1.29, 1.82) is 0 Å². The quantitative estimate of drug-likeness (QED) is 0.915. The van der Waals surface area contributed by atoms with Crippen LogP contribution in [0.15, 0.2) is 22.7 Å². The first kappa shape index (κ1) is 15.6. The fraction of sp³-hybridized carbons (Fsp3) is 0.579. The van der Waals surface area contributed by atoms with Crippen LogP contribution in [0.2, 0.25) is 0 Å². The highest BCUT2D eigenvalue weighted by Crippen LogP contribution is 2.28. The van der Waals surface area contributed by atoms with Crippen LogP contribution in [0.5, 0.6) is 0 Å². The van der Waals surface area contributed by atoms with Crippen LogP contribution < -0.4 is 10.2 Å². The first-order chi connectivity index (χ1) is 11.8. The van der Waals surface area contributed by atoms with Crippen molar-refractivity contribution >= 4 is 5.69 Å². The Labute approximate surface area is 143 Å². The zero-order chi connectivity index (χ0) is 16.4. The minimum absolute atomic E-state index is 0.535. The van der Waals surface area contributed by atoms with Gasteiger partial charge in [0.15, 0.2) is 5.82 Å². The number of fused-ring (bicyclic) bond motifs is 1. The zero-order valence-corrected chi connectivity index (χ0v) is 14.4. The van der Waals surface area contributed by atoms with Crippen LogP contribution in [0.3, 0.4) is 0 Å². The number of benzene rings is 1. The van der Waals surface area contributed by atoms with E-state index in [2.05, 4.69) is 38.6 Å². The number of anilines is 1. The van der Waals surface area contributed by atoms with E-state index in [4.69, 9.17) is 4.52 Å². The van der Waals surface area contributed by atoms with E-state index in [1.807, 2.05) is 6.92 Å². The van der Waals surface area contributed by atoms with Gasteiger partial charge < -0.3 is 14.7 Å². The lowest BCUT2D eigenvalue weighted by molar-refractivity contribution is 0.339. The number of hydrogen-bond donors (Lipinski definition) is 1. The summed E-state index contributed by atoms with van der Waals surface area (Å²) in [5.74, 6) is 1.49. The summed E-state index contributed by atoms with van der Waals surface area (Å²) in [7, 11) is 0. The third kappa shape index (κ3) is 3.31. The largest absolute Gasteiger partial charge is 0.371 e. The number of rotatable bonds is 5. The molecule has 1 aliphatic carbocycles. The third-order valence-electron chi connectivity index (χ3n) is 5.31. The van der Waals surface area contributed by atoms with Gasteiger partial charge in [-0.15, -0.1) is 0 Å². The highest BCUT2D eigenvalue weighted by Gasteiger charge is 2.21. The SMILES string of the molecule is CCc1noc(CNC2CCN(c3ccc4c(c3)CCC4)CC2)n1. The molecule has 5 nitrogen and oxygen atoms in total. The van der Waals surface area contributed by atoms with Crippen molar-refractivity contribution in [2.75, 3.05) is 18.0 Å². The Morgan fingerprint density at radius 1 is 1.21 bits per heavy atom. The third-order valence-corrected chi connectivity index (χ3v) is 5.31. The van der Waals surface area contributed by atoms with Gasteiger partial charge in [-0.2, -0.15) is 4.98 Å². The molecular formula is C19H26N4O. The van der Waals surface area contributed by atoms with Crippen LogP contribution in [-0.2, 0) is 25.8 Å². The van der Waals surface area contributed by atoms with E-state index in [0.29, 0.717) is 18.5 Å². The molecule has 2 aromatic rings. The van der Waals surface area contributed by atoms with Gasteiger partial charge in [0.25, 0.3) is 0 Å². The molecule has 1 aromatic heterocycles. The fourth-order valence-electron chi connectivity index (χ4n) is 3.83. The fourth-order valence-corrected chi connectivity index (χ4v) is 3.83. The summed E-state index contributed by atoms with van der Waals surface area (Å²) in [5.41, 5.74) is 4.52. The van der Waals surface area contributed by atoms with Crippen molar-refractivity contribution in [3.05, 3.63) is 41.0 Å². The topological polar surface area (TPSA) is 54.2 Å². The maximum atomic E-state index is 5.25. The van der Waals surface area contributed by atoms with Gasteiger partial charge in [0.1, 0.15) is 0 Å². The van der Waals surface area contributed by atoms with Gasteiger partial charge in [-0.25, -0.2) is 0 Å². The Balaban J connectivity index is 1.28. The summed E-state index contributed by atoms with van der Waals surface area (Å²) in [6.07, 6.45) is 6.97. The molecule has 4 rings (SSSR count). The van der Waals surface area contributed by atoms with E-state index in [9.17, 15) is 0 Å². The van der Waals surface area contributed by atoms with Crippen LogP contribution in [0.4, 0.5) is 5.69 Å². The lowest BCUT2D eigenvalue weighted by atomic mass is 10.0. The molecule has 1 aromatic carbocycles. The molecule has 1 N–H and O–H groups in total. The van der Waals surface area contributed by atoms with E-state index >= 15 is 0 Å². The normalized spacial score (nSPS) is 18.1. The van der Waals surface area contributed by atoms with E-state index in [0.717, 1.165) is 38.2 Å². The Hall–Kier alpha value is -1.88. The summed E-state index contributed by atoms with van der Waals surface area (Å²) < 4.78 is 5.25. The van der Waals surface area contributed by atoms with Crippen molar-refractivity contribution < 1.29 is 4.52 Å². The molecular weight excluding hydrogens is 300 g/mol. The molecule has 0 saturated carbocycles. The highest BCUT2D eigenvalue weighted by atomic mass is 16.5. The molecule has 0 unspecified atom stereocenters. The molecule has 24 heavy (non-hydrogen) atoms. The average Bonchev–Trinajstić information content (AvgIpc) is 3.28. The van der Waals surface area contributed by atoms with Crippen molar-refractivity contribution in [3.8, 4) is 0 Å². The van der Waals surface area contributed by atoms with Crippen LogP contribution in [0, 0.1) is 0 Å². The molecule has 0 atom stereocenters. The Bertz CT molecular complexity index is 688. The number of nitrogens with one attached hydrogen (secondary N) is 1. The number of nitrogens with zero attached hydrogens (tertiary/aromatic N) is 3. The van der Waals surface area contributed by atoms with E-state index in [-0.39, 0.29) is 0 Å². The monoisotopic (exact) mass is 326 g/mol. The Morgan fingerprint density at radius 2 is 2.04 bits per heavy atom. The Morgan fingerprint density at radius 3 is 2.83 bits per heavy atom. The highest BCUT2D eigenvalue weighted by molar-refractivity contribution is 5.52. The van der Waals surface area contributed by atoms with E-state index < -0.39 is 0 Å². The molecule has 0 bridgehead atoms. The van der Waals surface area contributed by atoms with Gasteiger partial charge >= 0.3 is 0 Å². The second-order valence-electron chi connectivity index (χ2n) is 6.91. The number of piperidine rings is 1. The summed E-state index contributed by atoms with van der Waals surface area (Å²) >= 11 is 0. The van der Waals surface area contributed by atoms with Gasteiger partial charge in [0.05, 0.1) is 6.54 Å². The zero-order valence-electron chi connectivity index (χ0n) is 14.4. The van der Waals surface area contributed by atoms with Crippen molar-refractivity contribution in [3.63, 3.8) is 0 Å². The molecule has 2 aliphatic rings. The molecule has 0 radical (unpaired) electrons. The van der Waals surface area contributed by atoms with Crippen molar-refractivity contribution in [1.82, 2.24) is 15.5 Å². The minimum atomic E-state index is 0.535. The summed E-state index contributed by atoms with van der Waals surface area (Å²) in [4.78, 5) is 6.88. The molecule has 128 valence electrons. The second-order valence-corrected chi connectivity index (χ2v) is 6.91. The first-order valence-corrected chi connectivity index (χ1v) is 9.23. The van der Waals surface area contributed by atoms with E-state index in [1.165, 1.54) is 24.9 Å². The smallest absolute Gasteiger partial charge is 0.240 e. The summed E-state index contributed by atoms with van der Waals surface area (Å²) in [6.45, 7) is 4.94. The molecule has 1 fully saturated rings. The van der Waals surface area contributed by atoms with Crippen LogP contribution in [0.1, 0.15) is 49.0 Å². The maximum Gasteiger partial charge on any atom is 0.240 e. The summed E-state index contributed by atoms with van der Waals surface area (Å²) in [6, 6.07) is 7.60. The van der Waals surface area contributed by atoms with Gasteiger partial charge in [-0.05, 0) is 55.4 Å². The average molecular weight is 326 g/mol. The molecule has 0 spiro atoms. The first-order valence-electron chi connectivity index (χ1n) is 9.23. The predicted octanol–water partition coefficient (Wildman–Crippen LogP) is 2.88. The molecule has 5 heteroatoms. The number of aryl methyl sites for hydroxylation is 3. The van der Waals surface area contributed by atoms with Crippen molar-refractivity contribution in [2.45, 2.75) is 58.0 Å². The summed E-state index contributed by atoms with van der Waals surface area (Å²) in [5, 5.41) is 7.51. The van der Waals surface area contributed by atoms with Crippen LogP contribution in [-0.4, -0.2) is 29.3 Å². The van der Waals surface area contributed by atoms with Crippen LogP contribution in [0.25, 0.3) is 0 Å². The standard InChI is InChI=1S/C19H26N4O/c1-2-18-21-19(24-22-18)13-20-16-8-10-23(11-9-16)17-7-6-14-4-3-5-15(14)12-17/h6-7,12,16,20H,2-5,8-11,13H2,1H3. The molecule has 2 heterocycles. The number of hydrogen-bond acceptors (Lipinski definition) is 5. The van der Waals surface area contributed by atoms with Gasteiger partial charge in [-0.3, -0.25) is 0 Å². The van der Waals surface area contributed by atoms with Crippen molar-refractivity contribution in [2.24, 2.45) is 0 Å². The van der Waals surface area contributed by atoms with E-state index in [1.54, 1.807) is 11.1 Å². The van der Waals surface area contributed by atoms with Crippen LogP contribution >= 0.6 is 0 Å². The second kappa shape index (κ2) is 6.93. The molecule has 0 amide bonds. The van der Waals surface area contributed by atoms with Gasteiger partial charge in [-0.1, -0.05) is 18.1 Å². The minimum Gasteiger partial charge on any atom is -0.371 e. The lowest BCUT2D eigenvalue weighted by Gasteiger charge is -2.34. The molecule has 1 saturated heterocycles. The maximum absolute atomic E-state index is 5.25. The van der Waals surface area contributed by atoms with Gasteiger partial charge in [0.2, 0.25) is 5.89 Å².